The number of ketones is 2. The molecule has 3 saturated carbocycles. The second-order valence-corrected chi connectivity index (χ2v) is 12.6. The van der Waals surface area contributed by atoms with Crippen LogP contribution >= 0.6 is 0 Å². The van der Waals surface area contributed by atoms with Crippen molar-refractivity contribution < 1.29 is 42.5 Å². The van der Waals surface area contributed by atoms with Gasteiger partial charge in [-0.2, -0.15) is 0 Å². The van der Waals surface area contributed by atoms with Crippen LogP contribution in [0.4, 0.5) is 8.78 Å². The summed E-state index contributed by atoms with van der Waals surface area (Å²) in [5, 5.41) is 11.7. The van der Waals surface area contributed by atoms with Crippen LogP contribution in [-0.4, -0.2) is 84.8 Å². The third-order valence-corrected chi connectivity index (χ3v) is 10.6. The fourth-order valence-corrected chi connectivity index (χ4v) is 8.87. The Balaban J connectivity index is 0.00000237. The summed E-state index contributed by atoms with van der Waals surface area (Å²) < 4.78 is 43.6. The maximum Gasteiger partial charge on any atom is 0.320 e. The Morgan fingerprint density at radius 2 is 1.79 bits per heavy atom. The van der Waals surface area contributed by atoms with Gasteiger partial charge in [-0.15, -0.1) is 0 Å². The van der Waals surface area contributed by atoms with Crippen LogP contribution in [0.1, 0.15) is 67.7 Å². The highest BCUT2D eigenvalue weighted by Gasteiger charge is 2.76. The molecule has 8 nitrogen and oxygen atoms in total. The van der Waals surface area contributed by atoms with E-state index in [2.05, 4.69) is 0 Å². The summed E-state index contributed by atoms with van der Waals surface area (Å²) in [5.41, 5.74) is -6.01. The second kappa shape index (κ2) is 12.3. The molecule has 0 aromatic rings. The van der Waals surface area contributed by atoms with Crippen molar-refractivity contribution in [2.24, 2.45) is 34.0 Å². The van der Waals surface area contributed by atoms with E-state index < -0.39 is 70.4 Å². The van der Waals surface area contributed by atoms with E-state index in [1.807, 2.05) is 27.7 Å². The van der Waals surface area contributed by atoms with Crippen molar-refractivity contribution in [3.63, 3.8) is 0 Å². The van der Waals surface area contributed by atoms with Gasteiger partial charge in [0, 0.05) is 24.8 Å². The molecular formula is C32H47F2NO7. The van der Waals surface area contributed by atoms with Crippen LogP contribution in [0.5, 0.6) is 0 Å². The number of hydrogen-bond acceptors (Lipinski definition) is 8. The van der Waals surface area contributed by atoms with Gasteiger partial charge in [0.25, 0.3) is 0 Å². The molecule has 42 heavy (non-hydrogen) atoms. The molecule has 4 aliphatic carbocycles. The number of halogens is 2. The fraction of sp³-hybridized carbons (Fsp3) is 0.750. The van der Waals surface area contributed by atoms with Gasteiger partial charge in [-0.05, 0) is 75.1 Å². The highest BCUT2D eigenvalue weighted by atomic mass is 19.1. The van der Waals surface area contributed by atoms with Crippen molar-refractivity contribution >= 4 is 23.5 Å². The lowest BCUT2D eigenvalue weighted by atomic mass is 9.43. The summed E-state index contributed by atoms with van der Waals surface area (Å²) in [4.78, 5) is 51.8. The molecule has 3 fully saturated rings. The summed E-state index contributed by atoms with van der Waals surface area (Å²) in [6.45, 7) is 11.8. The molecule has 0 spiro atoms. The number of aliphatic hydroxyl groups excluding tert-OH is 1. The Hall–Kier alpha value is -2.46. The number of nitrogens with zero attached hydrogens (tertiary/aromatic N) is 1. The van der Waals surface area contributed by atoms with Gasteiger partial charge < -0.3 is 14.6 Å². The smallest absolute Gasteiger partial charge is 0.320 e. The van der Waals surface area contributed by atoms with Crippen LogP contribution in [-0.2, 0) is 28.7 Å². The molecule has 0 aromatic carbocycles. The molecule has 10 heteroatoms. The van der Waals surface area contributed by atoms with E-state index in [0.29, 0.717) is 6.42 Å². The molecule has 0 heterocycles. The second-order valence-electron chi connectivity index (χ2n) is 12.6. The van der Waals surface area contributed by atoms with E-state index in [-0.39, 0.29) is 49.8 Å². The fourth-order valence-electron chi connectivity index (χ4n) is 8.87. The predicted octanol–water partition coefficient (Wildman–Crippen LogP) is 4.19. The quantitative estimate of drug-likeness (QED) is 0.416. The summed E-state index contributed by atoms with van der Waals surface area (Å²) in [7, 11) is 1.68. The minimum atomic E-state index is -2.27. The van der Waals surface area contributed by atoms with Gasteiger partial charge in [-0.3, -0.25) is 24.1 Å². The van der Waals surface area contributed by atoms with Crippen molar-refractivity contribution in [3.05, 3.63) is 23.8 Å². The maximum absolute atomic E-state index is 17.5. The number of hydrogen-bond donors (Lipinski definition) is 1. The number of esters is 2. The average molecular weight is 596 g/mol. The highest BCUT2D eigenvalue weighted by molar-refractivity contribution is 6.01. The monoisotopic (exact) mass is 595 g/mol. The summed E-state index contributed by atoms with van der Waals surface area (Å²) >= 11 is 0. The van der Waals surface area contributed by atoms with Crippen molar-refractivity contribution in [2.45, 2.75) is 85.7 Å². The number of ether oxygens (including phenoxy) is 2. The van der Waals surface area contributed by atoms with E-state index in [4.69, 9.17) is 9.47 Å². The zero-order valence-corrected chi connectivity index (χ0v) is 26.2. The first-order valence-electron chi connectivity index (χ1n) is 15.1. The summed E-state index contributed by atoms with van der Waals surface area (Å²) in [6.07, 6.45) is 0.663. The van der Waals surface area contributed by atoms with Crippen LogP contribution in [0, 0.1) is 34.0 Å². The molecule has 0 amide bonds. The molecule has 1 unspecified atom stereocenters. The number of Topliss-reactive ketones (excluding diaryl/α,β-unsaturated/α-hetero) is 1. The van der Waals surface area contributed by atoms with Crippen LogP contribution in [0.2, 0.25) is 0 Å². The Kier molecular flexibility index (Phi) is 9.94. The van der Waals surface area contributed by atoms with Crippen molar-refractivity contribution in [1.82, 2.24) is 4.90 Å². The molecule has 1 N–H and O–H groups in total. The van der Waals surface area contributed by atoms with E-state index in [0.717, 1.165) is 6.08 Å². The lowest BCUT2D eigenvalue weighted by Gasteiger charge is -2.64. The van der Waals surface area contributed by atoms with Gasteiger partial charge >= 0.3 is 11.9 Å². The van der Waals surface area contributed by atoms with Crippen molar-refractivity contribution in [2.75, 3.05) is 33.4 Å². The van der Waals surface area contributed by atoms with E-state index >= 15 is 8.78 Å². The van der Waals surface area contributed by atoms with Crippen LogP contribution < -0.4 is 0 Å². The molecule has 0 radical (unpaired) electrons. The van der Waals surface area contributed by atoms with Gasteiger partial charge in [0.2, 0.25) is 0 Å². The number of aliphatic hydroxyl groups is 1. The lowest BCUT2D eigenvalue weighted by molar-refractivity contribution is -0.214. The zero-order valence-electron chi connectivity index (χ0n) is 26.2. The third kappa shape index (κ3) is 5.06. The lowest BCUT2D eigenvalue weighted by Crippen LogP contribution is -2.70. The SMILES string of the molecule is CC.CCOC(=O)CN(C)C[C@]1(C(=O)COC(C)=O)[C@H](C)CC2[C@@H]3C[C@H](F)C4=CC(=O)C=C[C@]4(C)[C@@]3(F)[C@@H](O)C[C@@]21C. The Labute approximate surface area is 247 Å². The number of carbonyl (C=O) groups is 4. The summed E-state index contributed by atoms with van der Waals surface area (Å²) in [6, 6.07) is 0. The topological polar surface area (TPSA) is 110 Å². The Morgan fingerprint density at radius 3 is 2.38 bits per heavy atom. The normalized spacial score (nSPS) is 40.1. The summed E-state index contributed by atoms with van der Waals surface area (Å²) in [5.74, 6) is -3.70. The van der Waals surface area contributed by atoms with Crippen LogP contribution in [0.25, 0.3) is 0 Å². The van der Waals surface area contributed by atoms with Crippen LogP contribution in [0.15, 0.2) is 23.8 Å². The Morgan fingerprint density at radius 1 is 1.14 bits per heavy atom. The third-order valence-electron chi connectivity index (χ3n) is 10.6. The van der Waals surface area contributed by atoms with Crippen molar-refractivity contribution in [1.29, 1.82) is 0 Å². The Bertz CT molecular complexity index is 1160. The first kappa shape index (κ1) is 34.0. The van der Waals surface area contributed by atoms with Gasteiger partial charge in [-0.25, -0.2) is 8.78 Å². The standard InChI is InChI=1S/C30H41F2NO7.C2H6/c1-7-39-26(38)14-33(6)16-29(25(37)15-40-18(3)34)17(2)10-20-21-12-23(31)22-11-19(35)8-9-27(22,4)30(21,32)24(36)13-28(20,29)5;1-2/h8-9,11,17,20-21,23-24,36H,7,10,12-16H2,1-6H3;1-2H3/t17-,20?,21+,23+,24+,27+,28+,29-,30+;/m1./s1. The zero-order chi connectivity index (χ0) is 31.8. The van der Waals surface area contributed by atoms with Crippen molar-refractivity contribution in [3.8, 4) is 0 Å². The van der Waals surface area contributed by atoms with Crippen LogP contribution in [0.3, 0.4) is 0 Å². The van der Waals surface area contributed by atoms with Gasteiger partial charge in [-0.1, -0.05) is 33.8 Å². The molecule has 0 saturated heterocycles. The minimum Gasteiger partial charge on any atom is -0.465 e. The van der Waals surface area contributed by atoms with E-state index in [9.17, 15) is 24.3 Å². The molecule has 4 rings (SSSR count). The number of alkyl halides is 2. The first-order chi connectivity index (χ1) is 19.6. The number of carbonyl (C=O) groups excluding carboxylic acids is 4. The van der Waals surface area contributed by atoms with Gasteiger partial charge in [0.05, 0.1) is 24.7 Å². The minimum absolute atomic E-state index is 0.0406. The largest absolute Gasteiger partial charge is 0.465 e. The number of rotatable bonds is 8. The van der Waals surface area contributed by atoms with Gasteiger partial charge in [0.15, 0.2) is 23.8 Å². The maximum atomic E-state index is 17.5. The molecule has 0 aliphatic heterocycles. The number of fused-ring (bicyclic) bond motifs is 5. The highest BCUT2D eigenvalue weighted by Crippen LogP contribution is 2.73. The van der Waals surface area contributed by atoms with Gasteiger partial charge in [0.1, 0.15) is 6.17 Å². The molecule has 0 aromatic heterocycles. The molecule has 0 bridgehead atoms. The molecule has 4 aliphatic rings. The molecular weight excluding hydrogens is 548 g/mol. The molecule has 236 valence electrons. The average Bonchev–Trinajstić information content (AvgIpc) is 3.13. The van der Waals surface area contributed by atoms with E-state index in [1.165, 1.54) is 26.0 Å². The van der Waals surface area contributed by atoms with E-state index in [1.54, 1.807) is 18.9 Å². The number of allylic oxidation sites excluding steroid dienone is 4. The molecule has 9 atom stereocenters. The predicted molar refractivity (Wildman–Crippen MR) is 153 cm³/mol. The number of likely N-dealkylation sites (N-methyl/N-ethyl adjacent to an activating group) is 1. The first-order valence-corrected chi connectivity index (χ1v) is 15.1.